The number of allylic oxidation sites excluding steroid dienone is 3. The molecule has 4 rings (SSSR count). The average molecular weight is 424 g/mol. The van der Waals surface area contributed by atoms with Gasteiger partial charge in [-0.25, -0.2) is 0 Å². The molecule has 2 heterocycles. The summed E-state index contributed by atoms with van der Waals surface area (Å²) >= 11 is 8.05. The molecule has 0 radical (unpaired) electrons. The van der Waals surface area contributed by atoms with Crippen LogP contribution in [-0.4, -0.2) is 5.78 Å². The minimum absolute atomic E-state index is 0.101. The Kier molecular flexibility index (Phi) is 5.02. The highest BCUT2D eigenvalue weighted by atomic mass is 35.5. The van der Waals surface area contributed by atoms with E-state index in [1.165, 1.54) is 0 Å². The van der Waals surface area contributed by atoms with Crippen LogP contribution >= 0.6 is 22.9 Å². The van der Waals surface area contributed by atoms with Crippen LogP contribution in [0, 0.1) is 32.1 Å². The largest absolute Gasteiger partial charge is 0.384 e. The molecule has 0 unspecified atom stereocenters. The molecular formula is C23H22ClN3OS. The first-order chi connectivity index (χ1) is 13.8. The lowest BCUT2D eigenvalue weighted by Crippen LogP contribution is -2.39. The van der Waals surface area contributed by atoms with Gasteiger partial charge in [-0.3, -0.25) is 9.69 Å². The lowest BCUT2D eigenvalue weighted by molar-refractivity contribution is -0.116. The van der Waals surface area contributed by atoms with Crippen LogP contribution in [0.4, 0.5) is 5.69 Å². The molecule has 2 N–H and O–H groups in total. The van der Waals surface area contributed by atoms with E-state index in [1.807, 2.05) is 43.9 Å². The second kappa shape index (κ2) is 7.37. The normalized spacial score (nSPS) is 19.5. The maximum atomic E-state index is 13.1. The summed E-state index contributed by atoms with van der Waals surface area (Å²) in [6.45, 7) is 6.02. The number of ketones is 1. The predicted molar refractivity (Wildman–Crippen MR) is 118 cm³/mol. The second-order valence-electron chi connectivity index (χ2n) is 7.57. The van der Waals surface area contributed by atoms with Crippen molar-refractivity contribution in [2.24, 2.45) is 5.73 Å². The maximum absolute atomic E-state index is 13.1. The van der Waals surface area contributed by atoms with Crippen LogP contribution in [0.25, 0.3) is 0 Å². The first-order valence-corrected chi connectivity index (χ1v) is 10.8. The molecule has 6 heteroatoms. The number of benzene rings is 1. The SMILES string of the molecule is Cc1cc([C@@H]2C(C#N)=C(N)N(c3cccc(Cl)c3C)C3=C2C(=O)CCC3)c(C)s1. The van der Waals surface area contributed by atoms with Gasteiger partial charge in [0.1, 0.15) is 5.82 Å². The molecule has 1 atom stereocenters. The van der Waals surface area contributed by atoms with E-state index in [4.69, 9.17) is 17.3 Å². The highest BCUT2D eigenvalue weighted by Gasteiger charge is 2.41. The summed E-state index contributed by atoms with van der Waals surface area (Å²) in [5.41, 5.74) is 11.4. The molecule has 1 aromatic heterocycles. The van der Waals surface area contributed by atoms with Crippen molar-refractivity contribution < 1.29 is 4.79 Å². The Morgan fingerprint density at radius 1 is 1.28 bits per heavy atom. The number of carbonyl (C=O) groups excluding carboxylic acids is 1. The first kappa shape index (κ1) is 19.8. The quantitative estimate of drug-likeness (QED) is 0.679. The van der Waals surface area contributed by atoms with E-state index in [1.54, 1.807) is 11.3 Å². The van der Waals surface area contributed by atoms with Gasteiger partial charge in [-0.15, -0.1) is 11.3 Å². The Hall–Kier alpha value is -2.55. The number of rotatable bonds is 2. The number of nitrogens with zero attached hydrogens (tertiary/aromatic N) is 2. The van der Waals surface area contributed by atoms with Crippen molar-refractivity contribution in [3.8, 4) is 6.07 Å². The molecule has 0 fully saturated rings. The third-order valence-corrected chi connectivity index (χ3v) is 7.17. The number of nitriles is 1. The fourth-order valence-electron chi connectivity index (χ4n) is 4.45. The van der Waals surface area contributed by atoms with Gasteiger partial charge >= 0.3 is 0 Å². The van der Waals surface area contributed by atoms with Crippen molar-refractivity contribution in [3.63, 3.8) is 0 Å². The highest BCUT2D eigenvalue weighted by Crippen LogP contribution is 2.48. The van der Waals surface area contributed by atoms with Gasteiger partial charge in [0.05, 0.1) is 23.2 Å². The van der Waals surface area contributed by atoms with Gasteiger partial charge in [0, 0.05) is 32.5 Å². The van der Waals surface area contributed by atoms with Gasteiger partial charge in [-0.2, -0.15) is 5.26 Å². The molecule has 1 aliphatic heterocycles. The van der Waals surface area contributed by atoms with Crippen LogP contribution < -0.4 is 10.6 Å². The summed E-state index contributed by atoms with van der Waals surface area (Å²) in [5, 5.41) is 10.7. The zero-order valence-electron chi connectivity index (χ0n) is 16.7. The van der Waals surface area contributed by atoms with Crippen LogP contribution in [0.1, 0.15) is 46.1 Å². The molecule has 0 spiro atoms. The zero-order chi connectivity index (χ0) is 20.9. The Balaban J connectivity index is 2.02. The monoisotopic (exact) mass is 423 g/mol. The maximum Gasteiger partial charge on any atom is 0.161 e. The van der Waals surface area contributed by atoms with Crippen molar-refractivity contribution in [1.82, 2.24) is 0 Å². The molecule has 0 amide bonds. The van der Waals surface area contributed by atoms with Gasteiger partial charge < -0.3 is 5.73 Å². The van der Waals surface area contributed by atoms with E-state index in [0.29, 0.717) is 28.4 Å². The van der Waals surface area contributed by atoms with E-state index >= 15 is 0 Å². The Morgan fingerprint density at radius 3 is 2.69 bits per heavy atom. The number of hydrogen-bond acceptors (Lipinski definition) is 5. The van der Waals surface area contributed by atoms with E-state index in [9.17, 15) is 10.1 Å². The molecule has 0 saturated heterocycles. The van der Waals surface area contributed by atoms with Crippen molar-refractivity contribution >= 4 is 34.4 Å². The van der Waals surface area contributed by atoms with Crippen LogP contribution in [0.15, 0.2) is 46.9 Å². The molecule has 29 heavy (non-hydrogen) atoms. The van der Waals surface area contributed by atoms with E-state index < -0.39 is 5.92 Å². The van der Waals surface area contributed by atoms with Crippen LogP contribution in [0.3, 0.4) is 0 Å². The van der Waals surface area contributed by atoms with Gasteiger partial charge in [0.2, 0.25) is 0 Å². The molecule has 4 nitrogen and oxygen atoms in total. The van der Waals surface area contributed by atoms with Gasteiger partial charge in [-0.05, 0) is 62.9 Å². The van der Waals surface area contributed by atoms with Crippen LogP contribution in [0.5, 0.6) is 0 Å². The number of carbonyl (C=O) groups is 1. The topological polar surface area (TPSA) is 70.1 Å². The summed E-state index contributed by atoms with van der Waals surface area (Å²) in [6, 6.07) is 10.0. The third-order valence-electron chi connectivity index (χ3n) is 5.78. The number of hydrogen-bond donors (Lipinski definition) is 1. The van der Waals surface area contributed by atoms with Crippen molar-refractivity contribution in [3.05, 3.63) is 72.8 Å². The molecule has 1 aliphatic carbocycles. The highest BCUT2D eigenvalue weighted by molar-refractivity contribution is 7.12. The lowest BCUT2D eigenvalue weighted by Gasteiger charge is -2.40. The zero-order valence-corrected chi connectivity index (χ0v) is 18.2. The standard InChI is InChI=1S/C23H22ClN3OS/c1-12-10-15(14(3)29-12)21-16(11-25)23(26)27(18-7-4-6-17(24)13(18)2)19-8-5-9-20(28)22(19)21/h4,6-7,10,21H,5,8-9,26H2,1-3H3/t21-/m1/s1. The van der Waals surface area contributed by atoms with Crippen molar-refractivity contribution in [1.29, 1.82) is 5.26 Å². The van der Waals surface area contributed by atoms with Crippen molar-refractivity contribution in [2.45, 2.75) is 46.0 Å². The number of thiophene rings is 1. The summed E-state index contributed by atoms with van der Waals surface area (Å²) in [5.74, 6) is 0.0903. The van der Waals surface area contributed by atoms with Crippen LogP contribution in [-0.2, 0) is 4.79 Å². The number of nitrogens with two attached hydrogens (primary N) is 1. The molecule has 2 aromatic rings. The van der Waals surface area contributed by atoms with Gasteiger partial charge in [-0.1, -0.05) is 17.7 Å². The Bertz CT molecular complexity index is 1140. The fraction of sp³-hybridized carbons (Fsp3) is 0.304. The van der Waals surface area contributed by atoms with E-state index in [0.717, 1.165) is 45.1 Å². The molecule has 0 bridgehead atoms. The first-order valence-electron chi connectivity index (χ1n) is 9.63. The summed E-state index contributed by atoms with van der Waals surface area (Å²) in [4.78, 5) is 17.3. The number of halogens is 1. The van der Waals surface area contributed by atoms with E-state index in [2.05, 4.69) is 12.1 Å². The lowest BCUT2D eigenvalue weighted by atomic mass is 9.75. The summed E-state index contributed by atoms with van der Waals surface area (Å²) in [7, 11) is 0. The molecule has 148 valence electrons. The van der Waals surface area contributed by atoms with Gasteiger partial charge in [0.15, 0.2) is 5.78 Å². The smallest absolute Gasteiger partial charge is 0.161 e. The van der Waals surface area contributed by atoms with E-state index in [-0.39, 0.29) is 5.78 Å². The van der Waals surface area contributed by atoms with Crippen LogP contribution in [0.2, 0.25) is 5.02 Å². The third kappa shape index (κ3) is 3.08. The summed E-state index contributed by atoms with van der Waals surface area (Å²) < 4.78 is 0. The number of Topliss-reactive ketones (excluding diaryl/α,β-unsaturated/α-hetero) is 1. The number of aryl methyl sites for hydroxylation is 2. The predicted octanol–water partition coefficient (Wildman–Crippen LogP) is 5.63. The Labute approximate surface area is 179 Å². The fourth-order valence-corrected chi connectivity index (χ4v) is 5.58. The molecule has 2 aliphatic rings. The van der Waals surface area contributed by atoms with Crippen molar-refractivity contribution in [2.75, 3.05) is 4.90 Å². The molecular weight excluding hydrogens is 402 g/mol. The van der Waals surface area contributed by atoms with Gasteiger partial charge in [0.25, 0.3) is 0 Å². The average Bonchev–Trinajstić information content (AvgIpc) is 3.01. The molecule has 1 aromatic carbocycles. The second-order valence-corrected chi connectivity index (χ2v) is 9.44. The minimum Gasteiger partial charge on any atom is -0.384 e. The number of anilines is 1. The Morgan fingerprint density at radius 2 is 2.03 bits per heavy atom. The molecule has 0 saturated carbocycles. The summed E-state index contributed by atoms with van der Waals surface area (Å²) in [6.07, 6.45) is 2.01. The minimum atomic E-state index is -0.400.